The predicted octanol–water partition coefficient (Wildman–Crippen LogP) is 3.23. The van der Waals surface area contributed by atoms with Crippen molar-refractivity contribution in [1.29, 1.82) is 0 Å². The van der Waals surface area contributed by atoms with Gasteiger partial charge in [0, 0.05) is 29.5 Å². The molecule has 1 fully saturated rings. The first-order valence-electron chi connectivity index (χ1n) is 8.39. The number of fused-ring (bicyclic) bond motifs is 1. The molecule has 0 spiro atoms. The third-order valence-corrected chi connectivity index (χ3v) is 7.22. The Balaban J connectivity index is 1.54. The van der Waals surface area contributed by atoms with Crippen molar-refractivity contribution in [2.75, 3.05) is 18.4 Å². The highest BCUT2D eigenvalue weighted by atomic mass is 32.2. The molecular weight excluding hydrogens is 358 g/mol. The van der Waals surface area contributed by atoms with E-state index in [1.165, 1.54) is 5.39 Å². The lowest BCUT2D eigenvalue weighted by Crippen LogP contribution is -2.48. The lowest BCUT2D eigenvalue weighted by Gasteiger charge is -2.32. The molecule has 0 atom stereocenters. The van der Waals surface area contributed by atoms with Gasteiger partial charge in [-0.2, -0.15) is 0 Å². The second kappa shape index (κ2) is 7.31. The number of anilines is 1. The molecule has 0 aliphatic carbocycles. The van der Waals surface area contributed by atoms with Crippen LogP contribution >= 0.6 is 11.3 Å². The van der Waals surface area contributed by atoms with Crippen LogP contribution in [0.5, 0.6) is 0 Å². The number of rotatable bonds is 4. The van der Waals surface area contributed by atoms with Gasteiger partial charge in [0.2, 0.25) is 10.0 Å². The number of thiophene rings is 1. The summed E-state index contributed by atoms with van der Waals surface area (Å²) in [5.41, 5.74) is 0.780. The Morgan fingerprint density at radius 2 is 1.96 bits per heavy atom. The normalized spacial score (nSPS) is 16.5. The van der Waals surface area contributed by atoms with Crippen LogP contribution in [-0.4, -0.2) is 43.7 Å². The van der Waals surface area contributed by atoms with Gasteiger partial charge in [-0.15, -0.1) is 11.3 Å². The van der Waals surface area contributed by atoms with E-state index in [2.05, 4.69) is 16.1 Å². The van der Waals surface area contributed by atoms with E-state index in [9.17, 15) is 13.2 Å². The summed E-state index contributed by atoms with van der Waals surface area (Å²) in [7, 11) is -3.27. The quantitative estimate of drug-likeness (QED) is 0.853. The third kappa shape index (κ3) is 4.31. The van der Waals surface area contributed by atoms with Crippen LogP contribution in [0.3, 0.4) is 0 Å². The summed E-state index contributed by atoms with van der Waals surface area (Å²) in [6.07, 6.45) is 1.26. The van der Waals surface area contributed by atoms with Gasteiger partial charge in [0.1, 0.15) is 0 Å². The van der Waals surface area contributed by atoms with Gasteiger partial charge in [0.15, 0.2) is 0 Å². The number of likely N-dealkylation sites (tertiary alicyclic amines) is 1. The van der Waals surface area contributed by atoms with Crippen molar-refractivity contribution < 1.29 is 13.2 Å². The molecule has 3 rings (SSSR count). The van der Waals surface area contributed by atoms with E-state index in [1.54, 1.807) is 30.1 Å². The number of nitrogens with zero attached hydrogens (tertiary/aromatic N) is 1. The number of nitrogens with one attached hydrogen (secondary N) is 2. The van der Waals surface area contributed by atoms with Gasteiger partial charge >= 0.3 is 6.03 Å². The first kappa shape index (κ1) is 18.2. The van der Waals surface area contributed by atoms with Gasteiger partial charge in [0.05, 0.1) is 5.25 Å². The summed E-state index contributed by atoms with van der Waals surface area (Å²) in [6.45, 7) is 4.40. The number of amides is 2. The molecule has 2 N–H and O–H groups in total. The summed E-state index contributed by atoms with van der Waals surface area (Å²) in [4.78, 5) is 14.2. The van der Waals surface area contributed by atoms with Gasteiger partial charge in [-0.1, -0.05) is 6.07 Å². The molecule has 25 heavy (non-hydrogen) atoms. The van der Waals surface area contributed by atoms with Gasteiger partial charge in [0.25, 0.3) is 0 Å². The van der Waals surface area contributed by atoms with E-state index in [4.69, 9.17) is 0 Å². The highest BCUT2D eigenvalue weighted by Gasteiger charge is 2.27. The van der Waals surface area contributed by atoms with Crippen molar-refractivity contribution in [1.82, 2.24) is 9.62 Å². The number of carbonyl (C=O) groups excluding carboxylic acids is 1. The Morgan fingerprint density at radius 3 is 2.64 bits per heavy atom. The smallest absolute Gasteiger partial charge is 0.321 e. The summed E-state index contributed by atoms with van der Waals surface area (Å²) in [5, 5.41) is 5.68. The predicted molar refractivity (Wildman–Crippen MR) is 103 cm³/mol. The molecular formula is C17H23N3O3S2. The zero-order valence-corrected chi connectivity index (χ0v) is 16.0. The lowest BCUT2D eigenvalue weighted by atomic mass is 10.1. The van der Waals surface area contributed by atoms with E-state index in [-0.39, 0.29) is 12.1 Å². The van der Waals surface area contributed by atoms with Crippen molar-refractivity contribution in [3.8, 4) is 0 Å². The van der Waals surface area contributed by atoms with Crippen LogP contribution < -0.4 is 10.0 Å². The molecule has 6 nitrogen and oxygen atoms in total. The maximum atomic E-state index is 12.4. The molecule has 2 heterocycles. The lowest BCUT2D eigenvalue weighted by molar-refractivity contribution is 0.193. The monoisotopic (exact) mass is 381 g/mol. The number of benzene rings is 1. The highest BCUT2D eigenvalue weighted by Crippen LogP contribution is 2.24. The molecule has 2 amide bonds. The fourth-order valence-corrected chi connectivity index (χ4v) is 4.60. The van der Waals surface area contributed by atoms with E-state index in [0.29, 0.717) is 25.9 Å². The minimum Gasteiger partial charge on any atom is -0.324 e. The van der Waals surface area contributed by atoms with Crippen LogP contribution in [0.15, 0.2) is 29.6 Å². The average Bonchev–Trinajstić information content (AvgIpc) is 3.02. The molecule has 0 radical (unpaired) electrons. The number of hydrogen-bond donors (Lipinski definition) is 2. The van der Waals surface area contributed by atoms with E-state index >= 15 is 0 Å². The second-order valence-corrected chi connectivity index (χ2v) is 9.79. The Kier molecular flexibility index (Phi) is 5.31. The topological polar surface area (TPSA) is 78.5 Å². The van der Waals surface area contributed by atoms with Crippen molar-refractivity contribution in [2.45, 2.75) is 38.0 Å². The third-order valence-electron chi connectivity index (χ3n) is 4.44. The molecule has 0 bridgehead atoms. The zero-order valence-electron chi connectivity index (χ0n) is 14.4. The van der Waals surface area contributed by atoms with Crippen LogP contribution in [-0.2, 0) is 10.0 Å². The fraction of sp³-hybridized carbons (Fsp3) is 0.471. The standard InChI is InChI=1S/C17H23N3O3S2/c1-12(2)25(22,23)19-14-5-8-20(9-6-14)17(21)18-15-4-3-13-7-10-24-16(13)11-15/h3-4,7,10-12,14,19H,5-6,8-9H2,1-2H3,(H,18,21). The molecule has 1 aromatic carbocycles. The molecule has 1 aliphatic heterocycles. The van der Waals surface area contributed by atoms with Gasteiger partial charge in [-0.25, -0.2) is 17.9 Å². The van der Waals surface area contributed by atoms with Crippen molar-refractivity contribution in [3.05, 3.63) is 29.6 Å². The van der Waals surface area contributed by atoms with E-state index < -0.39 is 15.3 Å². The number of carbonyl (C=O) groups is 1. The Morgan fingerprint density at radius 1 is 1.24 bits per heavy atom. The van der Waals surface area contributed by atoms with Crippen molar-refractivity contribution >= 4 is 43.2 Å². The average molecular weight is 382 g/mol. The number of sulfonamides is 1. The highest BCUT2D eigenvalue weighted by molar-refractivity contribution is 7.90. The van der Waals surface area contributed by atoms with Crippen molar-refractivity contribution in [2.24, 2.45) is 0 Å². The second-order valence-electron chi connectivity index (χ2n) is 6.58. The molecule has 0 saturated carbocycles. The number of hydrogen-bond acceptors (Lipinski definition) is 4. The van der Waals surface area contributed by atoms with Gasteiger partial charge < -0.3 is 10.2 Å². The Hall–Kier alpha value is -1.64. The molecule has 0 unspecified atom stereocenters. The minimum absolute atomic E-state index is 0.0982. The SMILES string of the molecule is CC(C)S(=O)(=O)NC1CCN(C(=O)Nc2ccc3ccsc3c2)CC1. The van der Waals surface area contributed by atoms with E-state index in [1.807, 2.05) is 23.6 Å². The molecule has 2 aromatic rings. The maximum Gasteiger partial charge on any atom is 0.321 e. The summed E-state index contributed by atoms with van der Waals surface area (Å²) in [6, 6.07) is 7.68. The van der Waals surface area contributed by atoms with Crippen LogP contribution in [0.2, 0.25) is 0 Å². The largest absolute Gasteiger partial charge is 0.324 e. The molecule has 8 heteroatoms. The number of urea groups is 1. The van der Waals surface area contributed by atoms with Crippen molar-refractivity contribution in [3.63, 3.8) is 0 Å². The molecule has 1 aliphatic rings. The van der Waals surface area contributed by atoms with E-state index in [0.717, 1.165) is 10.4 Å². The summed E-state index contributed by atoms with van der Waals surface area (Å²) in [5.74, 6) is 0. The zero-order chi connectivity index (χ0) is 18.0. The first-order valence-corrected chi connectivity index (χ1v) is 10.8. The Bertz CT molecular complexity index is 853. The first-order chi connectivity index (χ1) is 11.8. The van der Waals surface area contributed by atoms with Crippen LogP contribution in [0.1, 0.15) is 26.7 Å². The molecule has 1 saturated heterocycles. The minimum atomic E-state index is -3.27. The van der Waals surface area contributed by atoms with Gasteiger partial charge in [-0.3, -0.25) is 0 Å². The fourth-order valence-electron chi connectivity index (χ4n) is 2.80. The van der Waals surface area contributed by atoms with Gasteiger partial charge in [-0.05, 0) is 55.7 Å². The summed E-state index contributed by atoms with van der Waals surface area (Å²) >= 11 is 1.64. The summed E-state index contributed by atoms with van der Waals surface area (Å²) < 4.78 is 27.7. The number of piperidine rings is 1. The van der Waals surface area contributed by atoms with Crippen LogP contribution in [0, 0.1) is 0 Å². The molecule has 136 valence electrons. The Labute approximate surface area is 152 Å². The maximum absolute atomic E-state index is 12.4. The van der Waals surface area contributed by atoms with Crippen LogP contribution in [0.25, 0.3) is 10.1 Å². The molecule has 1 aromatic heterocycles. The van der Waals surface area contributed by atoms with Crippen LogP contribution in [0.4, 0.5) is 10.5 Å².